The summed E-state index contributed by atoms with van der Waals surface area (Å²) in [5.74, 6) is 1.67. The Hall–Kier alpha value is -0.830. The van der Waals surface area contributed by atoms with Gasteiger partial charge in [0.25, 0.3) is 0 Å². The maximum atomic E-state index is 4.39. The fourth-order valence-electron chi connectivity index (χ4n) is 3.80. The number of likely N-dealkylation sites (tertiary alicyclic amines) is 1. The monoisotopic (exact) mass is 476 g/mol. The Balaban J connectivity index is 0.00000338. The number of nitrogens with one attached hydrogen (secondary N) is 2. The number of guanidine groups is 1. The highest BCUT2D eigenvalue weighted by Crippen LogP contribution is 2.22. The zero-order chi connectivity index (χ0) is 17.9. The van der Waals surface area contributed by atoms with Crippen molar-refractivity contribution in [3.05, 3.63) is 18.5 Å². The number of aromatic nitrogens is 2. The molecule has 0 spiro atoms. The summed E-state index contributed by atoms with van der Waals surface area (Å²) in [6.07, 6.45) is 10.0. The van der Waals surface area contributed by atoms with Gasteiger partial charge in [-0.3, -0.25) is 14.6 Å². The van der Waals surface area contributed by atoms with Crippen LogP contribution in [0.4, 0.5) is 0 Å². The van der Waals surface area contributed by atoms with Crippen molar-refractivity contribution in [2.75, 3.05) is 33.2 Å². The third kappa shape index (κ3) is 7.42. The summed E-state index contributed by atoms with van der Waals surface area (Å²) in [5, 5.41) is 11.2. The number of rotatable bonds is 10. The van der Waals surface area contributed by atoms with Crippen molar-refractivity contribution >= 4 is 29.9 Å². The van der Waals surface area contributed by atoms with Gasteiger partial charge < -0.3 is 10.6 Å². The second-order valence-corrected chi connectivity index (χ2v) is 6.89. The molecule has 1 aliphatic heterocycles. The van der Waals surface area contributed by atoms with Gasteiger partial charge in [-0.15, -0.1) is 24.0 Å². The topological polar surface area (TPSA) is 57.5 Å². The van der Waals surface area contributed by atoms with Gasteiger partial charge in [0.15, 0.2) is 5.96 Å². The van der Waals surface area contributed by atoms with Crippen LogP contribution < -0.4 is 10.6 Å². The number of hydrogen-bond acceptors (Lipinski definition) is 3. The molecule has 1 aromatic rings. The van der Waals surface area contributed by atoms with E-state index in [2.05, 4.69) is 39.5 Å². The molecule has 26 heavy (non-hydrogen) atoms. The van der Waals surface area contributed by atoms with Crippen LogP contribution in [0.3, 0.4) is 0 Å². The number of aryl methyl sites for hydroxylation is 1. The molecule has 1 fully saturated rings. The van der Waals surface area contributed by atoms with Crippen LogP contribution in [-0.4, -0.2) is 59.9 Å². The minimum Gasteiger partial charge on any atom is -0.356 e. The SMILES string of the molecule is CCC(CC)C(CNC(=NC)NCCCn1cccn1)N1CCCC1.I. The first-order valence-electron chi connectivity index (χ1n) is 9.94. The lowest BCUT2D eigenvalue weighted by atomic mass is 9.93. The van der Waals surface area contributed by atoms with E-state index in [9.17, 15) is 0 Å². The van der Waals surface area contributed by atoms with E-state index < -0.39 is 0 Å². The zero-order valence-corrected chi connectivity index (χ0v) is 19.0. The fourth-order valence-corrected chi connectivity index (χ4v) is 3.80. The summed E-state index contributed by atoms with van der Waals surface area (Å²) in [6, 6.07) is 2.57. The summed E-state index contributed by atoms with van der Waals surface area (Å²) in [6.45, 7) is 9.95. The van der Waals surface area contributed by atoms with Gasteiger partial charge in [-0.1, -0.05) is 26.7 Å². The Morgan fingerprint density at radius 2 is 1.92 bits per heavy atom. The van der Waals surface area contributed by atoms with Gasteiger partial charge in [0.05, 0.1) is 0 Å². The lowest BCUT2D eigenvalue weighted by Crippen LogP contribution is -2.49. The molecule has 1 saturated heterocycles. The van der Waals surface area contributed by atoms with E-state index in [1.165, 1.54) is 38.8 Å². The Bertz CT molecular complexity index is 478. The molecule has 0 aromatic carbocycles. The maximum Gasteiger partial charge on any atom is 0.191 e. The van der Waals surface area contributed by atoms with E-state index in [1.54, 1.807) is 0 Å². The van der Waals surface area contributed by atoms with Gasteiger partial charge in [-0.25, -0.2) is 0 Å². The van der Waals surface area contributed by atoms with Crippen molar-refractivity contribution in [3.63, 3.8) is 0 Å². The molecule has 2 N–H and O–H groups in total. The van der Waals surface area contributed by atoms with Crippen LogP contribution in [0, 0.1) is 5.92 Å². The molecule has 2 heterocycles. The molecule has 2 rings (SSSR count). The van der Waals surface area contributed by atoms with Crippen LogP contribution in [0.2, 0.25) is 0 Å². The first-order valence-corrected chi connectivity index (χ1v) is 9.94. The quantitative estimate of drug-likeness (QED) is 0.236. The van der Waals surface area contributed by atoms with Crippen molar-refractivity contribution in [1.82, 2.24) is 25.3 Å². The normalized spacial score (nSPS) is 16.5. The van der Waals surface area contributed by atoms with Gasteiger partial charge in [0.2, 0.25) is 0 Å². The van der Waals surface area contributed by atoms with E-state index in [1.807, 2.05) is 30.2 Å². The highest BCUT2D eigenvalue weighted by Gasteiger charge is 2.27. The molecule has 0 saturated carbocycles. The molecule has 6 nitrogen and oxygen atoms in total. The third-order valence-corrected chi connectivity index (χ3v) is 5.32. The smallest absolute Gasteiger partial charge is 0.191 e. The average Bonchev–Trinajstić information content (AvgIpc) is 3.34. The molecule has 1 unspecified atom stereocenters. The fraction of sp³-hybridized carbons (Fsp3) is 0.789. The molecular weight excluding hydrogens is 439 g/mol. The van der Waals surface area contributed by atoms with Gasteiger partial charge in [-0.2, -0.15) is 5.10 Å². The minimum absolute atomic E-state index is 0. The lowest BCUT2D eigenvalue weighted by Gasteiger charge is -2.34. The Labute approximate surface area is 176 Å². The number of halogens is 1. The highest BCUT2D eigenvalue weighted by atomic mass is 127. The Kier molecular flexibility index (Phi) is 11.9. The first kappa shape index (κ1) is 23.2. The van der Waals surface area contributed by atoms with Crippen molar-refractivity contribution < 1.29 is 0 Å². The standard InChI is InChI=1S/C19H36N6.HI/c1-4-17(5-2)18(24-12-6-7-13-24)16-22-19(20-3)21-10-8-14-25-15-9-11-23-25;/h9,11,15,17-18H,4-8,10,12-14,16H2,1-3H3,(H2,20,21,22);1H. The largest absolute Gasteiger partial charge is 0.356 e. The maximum absolute atomic E-state index is 4.39. The van der Waals surface area contributed by atoms with Crippen molar-refractivity contribution in [1.29, 1.82) is 0 Å². The van der Waals surface area contributed by atoms with Crippen molar-refractivity contribution in [2.45, 2.75) is 58.5 Å². The van der Waals surface area contributed by atoms with Gasteiger partial charge in [0.1, 0.15) is 0 Å². The van der Waals surface area contributed by atoms with Crippen molar-refractivity contribution in [2.24, 2.45) is 10.9 Å². The highest BCUT2D eigenvalue weighted by molar-refractivity contribution is 14.0. The van der Waals surface area contributed by atoms with Crippen LogP contribution in [0.5, 0.6) is 0 Å². The Morgan fingerprint density at radius 1 is 1.19 bits per heavy atom. The molecule has 0 bridgehead atoms. The van der Waals surface area contributed by atoms with Gasteiger partial charge >= 0.3 is 0 Å². The van der Waals surface area contributed by atoms with Crippen LogP contribution in [0.25, 0.3) is 0 Å². The summed E-state index contributed by atoms with van der Waals surface area (Å²) in [5.41, 5.74) is 0. The van der Waals surface area contributed by atoms with Gasteiger partial charge in [0, 0.05) is 45.1 Å². The van der Waals surface area contributed by atoms with Gasteiger partial charge in [-0.05, 0) is 44.3 Å². The third-order valence-electron chi connectivity index (χ3n) is 5.32. The van der Waals surface area contributed by atoms with E-state index in [0.717, 1.165) is 37.9 Å². The van der Waals surface area contributed by atoms with Crippen molar-refractivity contribution in [3.8, 4) is 0 Å². The molecule has 0 radical (unpaired) electrons. The number of nitrogens with zero attached hydrogens (tertiary/aromatic N) is 4. The van der Waals surface area contributed by atoms with E-state index >= 15 is 0 Å². The number of aliphatic imine (C=N–C) groups is 1. The molecular formula is C19H37IN6. The van der Waals surface area contributed by atoms with Crippen LogP contribution in [0.1, 0.15) is 46.0 Å². The predicted molar refractivity (Wildman–Crippen MR) is 120 cm³/mol. The molecule has 1 aliphatic rings. The first-order chi connectivity index (χ1) is 12.3. The second-order valence-electron chi connectivity index (χ2n) is 6.89. The minimum atomic E-state index is 0. The number of hydrogen-bond donors (Lipinski definition) is 2. The van der Waals surface area contributed by atoms with Crippen LogP contribution in [0.15, 0.2) is 23.5 Å². The summed E-state index contributed by atoms with van der Waals surface area (Å²) in [7, 11) is 1.85. The van der Waals surface area contributed by atoms with E-state index in [4.69, 9.17) is 0 Å². The predicted octanol–water partition coefficient (Wildman–Crippen LogP) is 2.96. The Morgan fingerprint density at radius 3 is 2.50 bits per heavy atom. The van der Waals surface area contributed by atoms with E-state index in [-0.39, 0.29) is 24.0 Å². The second kappa shape index (κ2) is 13.4. The molecule has 0 amide bonds. The summed E-state index contributed by atoms with van der Waals surface area (Å²) in [4.78, 5) is 7.06. The summed E-state index contributed by atoms with van der Waals surface area (Å²) < 4.78 is 1.97. The van der Waals surface area contributed by atoms with E-state index in [0.29, 0.717) is 6.04 Å². The van der Waals surface area contributed by atoms with Crippen LogP contribution in [-0.2, 0) is 6.54 Å². The molecule has 0 aliphatic carbocycles. The van der Waals surface area contributed by atoms with Crippen LogP contribution >= 0.6 is 24.0 Å². The molecule has 1 aromatic heterocycles. The zero-order valence-electron chi connectivity index (χ0n) is 16.7. The molecule has 1 atom stereocenters. The average molecular weight is 476 g/mol. The molecule has 7 heteroatoms. The lowest BCUT2D eigenvalue weighted by molar-refractivity contribution is 0.166. The summed E-state index contributed by atoms with van der Waals surface area (Å²) >= 11 is 0. The molecule has 150 valence electrons.